The molecule has 2 aliphatic heterocycles. The van der Waals surface area contributed by atoms with E-state index in [-0.39, 0.29) is 5.75 Å². The van der Waals surface area contributed by atoms with E-state index in [4.69, 9.17) is 9.47 Å². The lowest BCUT2D eigenvalue weighted by Gasteiger charge is -2.20. The molecule has 2 aliphatic rings. The minimum atomic E-state index is -2.94. The van der Waals surface area contributed by atoms with E-state index in [1.54, 1.807) is 19.2 Å². The second kappa shape index (κ2) is 15.1. The number of hydrogen-bond acceptors (Lipinski definition) is 6. The first-order valence-corrected chi connectivity index (χ1v) is 16.7. The van der Waals surface area contributed by atoms with Gasteiger partial charge in [0.1, 0.15) is 11.5 Å². The summed E-state index contributed by atoms with van der Waals surface area (Å²) in [6.45, 7) is 6.64. The molecule has 0 N–H and O–H groups in total. The lowest BCUT2D eigenvalue weighted by atomic mass is 9.88. The van der Waals surface area contributed by atoms with E-state index >= 15 is 0 Å². The molecule has 6 nitrogen and oxygen atoms in total. The highest BCUT2D eigenvalue weighted by molar-refractivity contribution is 5.99. The Bertz CT molecular complexity index is 1840. The van der Waals surface area contributed by atoms with Crippen molar-refractivity contribution in [2.45, 2.75) is 59.2 Å². The van der Waals surface area contributed by atoms with Crippen molar-refractivity contribution in [2.75, 3.05) is 33.2 Å². The molecule has 6 rings (SSSR count). The van der Waals surface area contributed by atoms with Crippen LogP contribution in [0.3, 0.4) is 0 Å². The third kappa shape index (κ3) is 7.43. The van der Waals surface area contributed by atoms with Gasteiger partial charge in [-0.3, -0.25) is 14.8 Å². The Morgan fingerprint density at radius 3 is 2.04 bits per heavy atom. The zero-order valence-electron chi connectivity index (χ0n) is 27.9. The molecular weight excluding hydrogens is 606 g/mol. The van der Waals surface area contributed by atoms with Crippen molar-refractivity contribution in [3.63, 3.8) is 0 Å². The van der Waals surface area contributed by atoms with Gasteiger partial charge in [-0.2, -0.15) is 14.0 Å². The largest absolute Gasteiger partial charge is 0.439 e. The number of aliphatic imine (C=N–C) groups is 1. The quantitative estimate of drug-likeness (QED) is 0.127. The van der Waals surface area contributed by atoms with Crippen molar-refractivity contribution in [1.29, 1.82) is 5.26 Å². The summed E-state index contributed by atoms with van der Waals surface area (Å²) >= 11 is 0. The van der Waals surface area contributed by atoms with Crippen LogP contribution in [0.5, 0.6) is 11.5 Å². The van der Waals surface area contributed by atoms with Crippen LogP contribution in [0.4, 0.5) is 8.78 Å². The van der Waals surface area contributed by atoms with E-state index in [1.165, 1.54) is 18.9 Å². The molecule has 0 radical (unpaired) electrons. The van der Waals surface area contributed by atoms with Gasteiger partial charge in [-0.25, -0.2) is 0 Å². The van der Waals surface area contributed by atoms with Crippen LogP contribution in [0.2, 0.25) is 0 Å². The van der Waals surface area contributed by atoms with Crippen LogP contribution < -0.4 is 9.47 Å². The van der Waals surface area contributed by atoms with E-state index in [2.05, 4.69) is 58.1 Å². The van der Waals surface area contributed by atoms with E-state index in [1.807, 2.05) is 31.2 Å². The van der Waals surface area contributed by atoms with Gasteiger partial charge < -0.3 is 9.47 Å². The maximum Gasteiger partial charge on any atom is 0.387 e. The lowest BCUT2D eigenvalue weighted by molar-refractivity contribution is -0.0507. The molecule has 0 spiro atoms. The summed E-state index contributed by atoms with van der Waals surface area (Å²) in [6.07, 6.45) is 4.65. The Hall–Kier alpha value is -4.58. The van der Waals surface area contributed by atoms with Gasteiger partial charge in [0, 0.05) is 37.3 Å². The first kappa shape index (κ1) is 33.3. The van der Waals surface area contributed by atoms with Gasteiger partial charge in [-0.15, -0.1) is 0 Å². The number of hydrogen-bond donors (Lipinski definition) is 0. The summed E-state index contributed by atoms with van der Waals surface area (Å²) in [7, 11) is 1.66. The van der Waals surface area contributed by atoms with Crippen molar-refractivity contribution in [3.05, 3.63) is 106 Å². The van der Waals surface area contributed by atoms with Crippen LogP contribution in [-0.4, -0.2) is 55.5 Å². The van der Waals surface area contributed by atoms with Crippen LogP contribution in [0.1, 0.15) is 59.1 Å². The standard InChI is InChI=1S/C40H42F2N4O2/c1-27-34(29-14-15-30(32(22-29)24-43)25-45-18-4-5-19-45)10-8-11-35(27)36-12-9-13-37(28(36)2)39(44-3)47-33-17-16-31(26-46-20-6-7-21-46)38(23-33)48-40(41)42/h8-17,22-23,40H,4-7,18-21,25-26H2,1-3H3. The normalized spacial score (nSPS) is 15.6. The van der Waals surface area contributed by atoms with Crippen molar-refractivity contribution in [2.24, 2.45) is 4.99 Å². The Labute approximate surface area is 282 Å². The monoisotopic (exact) mass is 648 g/mol. The highest BCUT2D eigenvalue weighted by Crippen LogP contribution is 2.36. The van der Waals surface area contributed by atoms with Crippen molar-refractivity contribution < 1.29 is 18.3 Å². The predicted molar refractivity (Wildman–Crippen MR) is 187 cm³/mol. The zero-order chi connectivity index (χ0) is 33.6. The fourth-order valence-corrected chi connectivity index (χ4v) is 7.02. The van der Waals surface area contributed by atoms with Crippen molar-refractivity contribution in [1.82, 2.24) is 9.80 Å². The fraction of sp³-hybridized carbons (Fsp3) is 0.350. The molecule has 0 saturated carbocycles. The molecule has 2 heterocycles. The number of nitriles is 1. The Morgan fingerprint density at radius 2 is 1.40 bits per heavy atom. The zero-order valence-corrected chi connectivity index (χ0v) is 27.9. The molecule has 4 aromatic rings. The molecule has 0 aromatic heterocycles. The number of ether oxygens (including phenoxy) is 2. The van der Waals surface area contributed by atoms with Gasteiger partial charge in [0.2, 0.25) is 5.90 Å². The molecule has 0 aliphatic carbocycles. The summed E-state index contributed by atoms with van der Waals surface area (Å²) < 4.78 is 37.9. The molecule has 0 amide bonds. The average molecular weight is 649 g/mol. The fourth-order valence-electron chi connectivity index (χ4n) is 7.02. The lowest BCUT2D eigenvalue weighted by Crippen LogP contribution is -2.19. The van der Waals surface area contributed by atoms with Gasteiger partial charge in [0.05, 0.1) is 11.6 Å². The molecule has 0 atom stereocenters. The average Bonchev–Trinajstić information content (AvgIpc) is 3.80. The predicted octanol–water partition coefficient (Wildman–Crippen LogP) is 8.76. The molecule has 48 heavy (non-hydrogen) atoms. The minimum Gasteiger partial charge on any atom is -0.439 e. The van der Waals surface area contributed by atoms with Crippen LogP contribution in [0.25, 0.3) is 22.3 Å². The number of benzene rings is 4. The van der Waals surface area contributed by atoms with Crippen molar-refractivity contribution in [3.8, 4) is 39.8 Å². The molecule has 8 heteroatoms. The third-order valence-corrected chi connectivity index (χ3v) is 9.59. The number of alkyl halides is 2. The number of nitrogens with zero attached hydrogens (tertiary/aromatic N) is 4. The second-order valence-corrected chi connectivity index (χ2v) is 12.7. The number of halogens is 2. The van der Waals surface area contributed by atoms with Crippen LogP contribution in [-0.2, 0) is 13.1 Å². The van der Waals surface area contributed by atoms with E-state index < -0.39 is 6.61 Å². The Balaban J connectivity index is 1.27. The molecule has 0 unspecified atom stereocenters. The van der Waals surface area contributed by atoms with Gasteiger partial charge in [-0.1, -0.05) is 48.5 Å². The third-order valence-electron chi connectivity index (χ3n) is 9.59. The van der Waals surface area contributed by atoms with Crippen LogP contribution in [0, 0.1) is 25.2 Å². The number of rotatable bonds is 10. The molecule has 0 bridgehead atoms. The van der Waals surface area contributed by atoms with E-state index in [0.717, 1.165) is 95.6 Å². The van der Waals surface area contributed by atoms with Gasteiger partial charge in [-0.05, 0) is 123 Å². The van der Waals surface area contributed by atoms with Gasteiger partial charge in [0.25, 0.3) is 0 Å². The van der Waals surface area contributed by atoms with E-state index in [0.29, 0.717) is 23.8 Å². The highest BCUT2D eigenvalue weighted by Gasteiger charge is 2.20. The molecule has 2 fully saturated rings. The Kier molecular flexibility index (Phi) is 10.5. The first-order valence-electron chi connectivity index (χ1n) is 16.7. The second-order valence-electron chi connectivity index (χ2n) is 12.7. The van der Waals surface area contributed by atoms with Gasteiger partial charge in [0.15, 0.2) is 0 Å². The van der Waals surface area contributed by atoms with E-state index in [9.17, 15) is 14.0 Å². The smallest absolute Gasteiger partial charge is 0.387 e. The molecule has 4 aromatic carbocycles. The number of likely N-dealkylation sites (tertiary alicyclic amines) is 2. The summed E-state index contributed by atoms with van der Waals surface area (Å²) in [4.78, 5) is 9.11. The highest BCUT2D eigenvalue weighted by atomic mass is 19.3. The minimum absolute atomic E-state index is 0.117. The summed E-state index contributed by atoms with van der Waals surface area (Å²) in [6, 6.07) is 26.1. The summed E-state index contributed by atoms with van der Waals surface area (Å²) in [5.41, 5.74) is 9.56. The van der Waals surface area contributed by atoms with Crippen molar-refractivity contribution >= 4 is 5.90 Å². The van der Waals surface area contributed by atoms with Gasteiger partial charge >= 0.3 is 6.61 Å². The van der Waals surface area contributed by atoms with Crippen LogP contribution >= 0.6 is 0 Å². The molecular formula is C40H42F2N4O2. The summed E-state index contributed by atoms with van der Waals surface area (Å²) in [5.74, 6) is 0.873. The first-order chi connectivity index (χ1) is 23.3. The molecule has 2 saturated heterocycles. The maximum atomic E-state index is 13.4. The topological polar surface area (TPSA) is 61.1 Å². The SMILES string of the molecule is CN=C(Oc1ccc(CN2CCCC2)c(OC(F)F)c1)c1cccc(-c2cccc(-c3ccc(CN4CCCC4)c(C#N)c3)c2C)c1C. The summed E-state index contributed by atoms with van der Waals surface area (Å²) in [5, 5.41) is 10.0. The van der Waals surface area contributed by atoms with Crippen LogP contribution in [0.15, 0.2) is 77.8 Å². The maximum absolute atomic E-state index is 13.4. The Morgan fingerprint density at radius 1 is 0.792 bits per heavy atom. The molecule has 248 valence electrons.